The van der Waals surface area contributed by atoms with Gasteiger partial charge in [0, 0.05) is 11.6 Å². The Labute approximate surface area is 96.9 Å². The standard InChI is InChI=1S/C6H5F2IN2O3S/c7-5(8)2-1-3(12)11-6(9)4(2)15(10,13)14/h1,5H,(H,11,12)(H2,10,13,14). The van der Waals surface area contributed by atoms with Gasteiger partial charge in [0.2, 0.25) is 15.6 Å². The number of pyridine rings is 1. The number of aromatic nitrogens is 1. The molecule has 0 aliphatic rings. The van der Waals surface area contributed by atoms with Crippen molar-refractivity contribution in [2.24, 2.45) is 5.14 Å². The summed E-state index contributed by atoms with van der Waals surface area (Å²) in [7, 11) is -4.28. The van der Waals surface area contributed by atoms with Crippen LogP contribution < -0.4 is 10.7 Å². The first-order chi connectivity index (χ1) is 6.73. The van der Waals surface area contributed by atoms with Gasteiger partial charge in [-0.1, -0.05) is 0 Å². The van der Waals surface area contributed by atoms with Gasteiger partial charge in [0.15, 0.2) is 0 Å². The van der Waals surface area contributed by atoms with Crippen molar-refractivity contribution in [3.8, 4) is 0 Å². The molecule has 0 atom stereocenters. The fraction of sp³-hybridized carbons (Fsp3) is 0.167. The van der Waals surface area contributed by atoms with E-state index in [-0.39, 0.29) is 3.70 Å². The number of hydrogen-bond donors (Lipinski definition) is 2. The Morgan fingerprint density at radius 1 is 1.47 bits per heavy atom. The number of primary sulfonamides is 1. The Morgan fingerprint density at radius 2 is 2.00 bits per heavy atom. The van der Waals surface area contributed by atoms with Crippen molar-refractivity contribution in [3.05, 3.63) is 25.7 Å². The summed E-state index contributed by atoms with van der Waals surface area (Å²) in [5.74, 6) is 0. The van der Waals surface area contributed by atoms with E-state index in [1.54, 1.807) is 0 Å². The van der Waals surface area contributed by atoms with Crippen molar-refractivity contribution in [1.82, 2.24) is 4.98 Å². The monoisotopic (exact) mass is 350 g/mol. The van der Waals surface area contributed by atoms with Crippen LogP contribution in [0, 0.1) is 3.70 Å². The third-order valence-corrected chi connectivity index (χ3v) is 3.68. The molecule has 0 fully saturated rings. The molecule has 1 aromatic rings. The van der Waals surface area contributed by atoms with Gasteiger partial charge >= 0.3 is 0 Å². The minimum absolute atomic E-state index is 0.224. The molecule has 0 radical (unpaired) electrons. The molecule has 1 heterocycles. The highest BCUT2D eigenvalue weighted by atomic mass is 127. The number of nitrogens with one attached hydrogen (secondary N) is 1. The topological polar surface area (TPSA) is 93.0 Å². The molecule has 0 bridgehead atoms. The van der Waals surface area contributed by atoms with Gasteiger partial charge in [-0.15, -0.1) is 0 Å². The molecule has 0 amide bonds. The lowest BCUT2D eigenvalue weighted by Gasteiger charge is -2.07. The maximum atomic E-state index is 12.4. The Balaban J connectivity index is 3.70. The minimum Gasteiger partial charge on any atom is -0.316 e. The van der Waals surface area contributed by atoms with E-state index in [9.17, 15) is 22.0 Å². The summed E-state index contributed by atoms with van der Waals surface area (Å²) in [6.45, 7) is 0. The molecule has 1 rings (SSSR count). The molecule has 0 spiro atoms. The van der Waals surface area contributed by atoms with E-state index in [0.717, 1.165) is 0 Å². The summed E-state index contributed by atoms with van der Waals surface area (Å²) in [5, 5.41) is 4.76. The van der Waals surface area contributed by atoms with Crippen LogP contribution in [0.5, 0.6) is 0 Å². The molecule has 0 aliphatic carbocycles. The molecule has 9 heteroatoms. The minimum atomic E-state index is -4.28. The first-order valence-corrected chi connectivity index (χ1v) is 6.09. The molecule has 0 saturated heterocycles. The Morgan fingerprint density at radius 3 is 2.40 bits per heavy atom. The van der Waals surface area contributed by atoms with Crippen molar-refractivity contribution in [2.75, 3.05) is 0 Å². The molecular formula is C6H5F2IN2O3S. The van der Waals surface area contributed by atoms with Crippen LogP contribution in [0.4, 0.5) is 8.78 Å². The van der Waals surface area contributed by atoms with Crippen LogP contribution in [0.1, 0.15) is 12.0 Å². The molecule has 0 unspecified atom stereocenters. The summed E-state index contributed by atoms with van der Waals surface area (Å²) >= 11 is 1.42. The maximum absolute atomic E-state index is 12.4. The van der Waals surface area contributed by atoms with Gasteiger partial charge in [0.1, 0.15) is 8.60 Å². The van der Waals surface area contributed by atoms with Crippen LogP contribution in [0.2, 0.25) is 0 Å². The first kappa shape index (κ1) is 12.5. The number of sulfonamides is 1. The summed E-state index contributed by atoms with van der Waals surface area (Å²) in [4.78, 5) is 12.2. The highest BCUT2D eigenvalue weighted by Gasteiger charge is 2.24. The van der Waals surface area contributed by atoms with E-state index in [4.69, 9.17) is 5.14 Å². The quantitative estimate of drug-likeness (QED) is 0.603. The van der Waals surface area contributed by atoms with Gasteiger partial charge in [-0.05, 0) is 22.6 Å². The Kier molecular flexibility index (Phi) is 3.45. The summed E-state index contributed by atoms with van der Waals surface area (Å²) in [6.07, 6.45) is -3.07. The smallest absolute Gasteiger partial charge is 0.265 e. The molecule has 0 aromatic carbocycles. The van der Waals surface area contributed by atoms with Crippen molar-refractivity contribution < 1.29 is 17.2 Å². The zero-order valence-corrected chi connectivity index (χ0v) is 9.97. The molecule has 84 valence electrons. The van der Waals surface area contributed by atoms with Gasteiger partial charge in [0.05, 0.1) is 0 Å². The maximum Gasteiger partial charge on any atom is 0.265 e. The fourth-order valence-corrected chi connectivity index (χ4v) is 3.26. The van der Waals surface area contributed by atoms with E-state index in [1.165, 1.54) is 22.6 Å². The van der Waals surface area contributed by atoms with E-state index < -0.39 is 32.5 Å². The lowest BCUT2D eigenvalue weighted by molar-refractivity contribution is 0.147. The second-order valence-corrected chi connectivity index (χ2v) is 5.15. The summed E-state index contributed by atoms with van der Waals surface area (Å²) < 4.78 is 46.7. The van der Waals surface area contributed by atoms with Gasteiger partial charge in [-0.25, -0.2) is 22.3 Å². The number of alkyl halides is 2. The number of H-pyrrole nitrogens is 1. The van der Waals surface area contributed by atoms with Gasteiger partial charge in [-0.2, -0.15) is 0 Å². The third kappa shape index (κ3) is 2.72. The van der Waals surface area contributed by atoms with Crippen molar-refractivity contribution in [1.29, 1.82) is 0 Å². The number of rotatable bonds is 2. The van der Waals surface area contributed by atoms with Crippen LogP contribution in [0.15, 0.2) is 15.8 Å². The number of nitrogens with two attached hydrogens (primary N) is 1. The van der Waals surface area contributed by atoms with E-state index in [0.29, 0.717) is 6.07 Å². The predicted octanol–water partition coefficient (Wildman–Crippen LogP) is 0.565. The van der Waals surface area contributed by atoms with Crippen molar-refractivity contribution >= 4 is 32.6 Å². The normalized spacial score (nSPS) is 12.1. The summed E-state index contributed by atoms with van der Waals surface area (Å²) in [6, 6.07) is 0.520. The molecule has 5 nitrogen and oxygen atoms in total. The average molecular weight is 350 g/mol. The number of hydrogen-bond acceptors (Lipinski definition) is 3. The Hall–Kier alpha value is -0.550. The third-order valence-electron chi connectivity index (χ3n) is 1.50. The predicted molar refractivity (Wildman–Crippen MR) is 56.1 cm³/mol. The largest absolute Gasteiger partial charge is 0.316 e. The SMILES string of the molecule is NS(=O)(=O)c1c(C(F)F)cc(=O)[nH]c1I. The lowest BCUT2D eigenvalue weighted by Crippen LogP contribution is -2.21. The van der Waals surface area contributed by atoms with Crippen LogP contribution in [-0.2, 0) is 10.0 Å². The van der Waals surface area contributed by atoms with Crippen LogP contribution in [0.25, 0.3) is 0 Å². The van der Waals surface area contributed by atoms with Crippen molar-refractivity contribution in [2.45, 2.75) is 11.3 Å². The molecule has 0 aliphatic heterocycles. The highest BCUT2D eigenvalue weighted by molar-refractivity contribution is 14.1. The molecular weight excluding hydrogens is 345 g/mol. The van der Waals surface area contributed by atoms with Crippen molar-refractivity contribution in [3.63, 3.8) is 0 Å². The van der Waals surface area contributed by atoms with Crippen LogP contribution in [0.3, 0.4) is 0 Å². The first-order valence-electron chi connectivity index (χ1n) is 3.47. The average Bonchev–Trinajstić information content (AvgIpc) is 1.99. The second kappa shape index (κ2) is 4.14. The summed E-state index contributed by atoms with van der Waals surface area (Å²) in [5.41, 5.74) is -1.69. The molecule has 3 N–H and O–H groups in total. The van der Waals surface area contributed by atoms with Gasteiger partial charge < -0.3 is 4.98 Å². The van der Waals surface area contributed by atoms with Crippen LogP contribution in [-0.4, -0.2) is 13.4 Å². The molecule has 1 aromatic heterocycles. The zero-order valence-electron chi connectivity index (χ0n) is 7.00. The second-order valence-electron chi connectivity index (χ2n) is 2.58. The molecule has 0 saturated carbocycles. The van der Waals surface area contributed by atoms with Crippen LogP contribution >= 0.6 is 22.6 Å². The van der Waals surface area contributed by atoms with E-state index in [1.807, 2.05) is 0 Å². The lowest BCUT2D eigenvalue weighted by atomic mass is 10.3. The number of halogens is 3. The zero-order chi connectivity index (χ0) is 11.8. The molecule has 15 heavy (non-hydrogen) atoms. The van der Waals surface area contributed by atoms with Gasteiger partial charge in [0.25, 0.3) is 6.43 Å². The fourth-order valence-electron chi connectivity index (χ4n) is 0.986. The number of aromatic amines is 1. The van der Waals surface area contributed by atoms with E-state index in [2.05, 4.69) is 4.98 Å². The van der Waals surface area contributed by atoms with Gasteiger partial charge in [-0.3, -0.25) is 4.79 Å². The van der Waals surface area contributed by atoms with E-state index >= 15 is 0 Å². The Bertz CT molecular complexity index is 540. The highest BCUT2D eigenvalue weighted by Crippen LogP contribution is 2.26.